The van der Waals surface area contributed by atoms with Gasteiger partial charge in [0.05, 0.1) is 22.6 Å². The molecule has 0 saturated heterocycles. The maximum atomic E-state index is 7.00. The molecule has 270 valence electrons. The lowest BCUT2D eigenvalue weighted by atomic mass is 9.97. The van der Waals surface area contributed by atoms with E-state index in [1.807, 2.05) is 60.7 Å². The third-order valence-electron chi connectivity index (χ3n) is 11.3. The van der Waals surface area contributed by atoms with E-state index in [9.17, 15) is 0 Å². The van der Waals surface area contributed by atoms with Crippen molar-refractivity contribution in [1.29, 1.82) is 0 Å². The predicted molar refractivity (Wildman–Crippen MR) is 237 cm³/mol. The van der Waals surface area contributed by atoms with Crippen molar-refractivity contribution in [2.45, 2.75) is 0 Å². The number of hydrogen-bond donors (Lipinski definition) is 0. The average molecular weight is 742 g/mol. The van der Waals surface area contributed by atoms with Crippen molar-refractivity contribution in [2.24, 2.45) is 0 Å². The van der Waals surface area contributed by atoms with Gasteiger partial charge < -0.3 is 8.83 Å². The van der Waals surface area contributed by atoms with Crippen LogP contribution in [0.15, 0.2) is 197 Å². The Morgan fingerprint density at radius 3 is 1.72 bits per heavy atom. The molecule has 0 fully saturated rings. The van der Waals surface area contributed by atoms with Gasteiger partial charge in [-0.15, -0.1) is 0 Å². The van der Waals surface area contributed by atoms with E-state index in [2.05, 4.69) is 127 Å². The van der Waals surface area contributed by atoms with Crippen molar-refractivity contribution in [2.75, 3.05) is 0 Å². The largest absolute Gasteiger partial charge is 0.456 e. The minimum atomic E-state index is 0.648. The molecule has 5 heteroatoms. The van der Waals surface area contributed by atoms with Gasteiger partial charge in [0.1, 0.15) is 22.3 Å². The van der Waals surface area contributed by atoms with Gasteiger partial charge in [-0.1, -0.05) is 158 Å². The molecule has 4 aromatic heterocycles. The number of para-hydroxylation sites is 3. The molecule has 0 saturated carbocycles. The Kier molecular flexibility index (Phi) is 7.16. The number of nitrogens with zero attached hydrogens (tertiary/aromatic N) is 3. The molecule has 4 heterocycles. The Morgan fingerprint density at radius 1 is 0.328 bits per heavy atom. The lowest BCUT2D eigenvalue weighted by molar-refractivity contribution is 0.669. The number of aromatic nitrogens is 3. The van der Waals surface area contributed by atoms with Crippen LogP contribution < -0.4 is 0 Å². The Balaban J connectivity index is 1.01. The molecular formula is C53H31N3O2. The molecule has 8 aromatic carbocycles. The van der Waals surface area contributed by atoms with Gasteiger partial charge in [0.25, 0.3) is 0 Å². The Hall–Kier alpha value is -7.89. The van der Waals surface area contributed by atoms with Crippen molar-refractivity contribution in [3.05, 3.63) is 188 Å². The van der Waals surface area contributed by atoms with Crippen LogP contribution in [0.3, 0.4) is 0 Å². The Bertz CT molecular complexity index is 3550. The fourth-order valence-electron chi connectivity index (χ4n) is 8.59. The van der Waals surface area contributed by atoms with Gasteiger partial charge in [-0.3, -0.25) is 0 Å². The van der Waals surface area contributed by atoms with Crippen molar-refractivity contribution in [3.63, 3.8) is 0 Å². The van der Waals surface area contributed by atoms with E-state index in [0.29, 0.717) is 5.82 Å². The second-order valence-corrected chi connectivity index (χ2v) is 14.7. The first-order chi connectivity index (χ1) is 28.7. The zero-order valence-corrected chi connectivity index (χ0v) is 31.1. The quantitative estimate of drug-likeness (QED) is 0.164. The molecule has 0 aliphatic carbocycles. The van der Waals surface area contributed by atoms with E-state index < -0.39 is 0 Å². The van der Waals surface area contributed by atoms with Crippen LogP contribution in [-0.2, 0) is 0 Å². The zero-order valence-electron chi connectivity index (χ0n) is 31.1. The molecule has 0 amide bonds. The van der Waals surface area contributed by atoms with Gasteiger partial charge in [0, 0.05) is 65.5 Å². The molecular weight excluding hydrogens is 711 g/mol. The van der Waals surface area contributed by atoms with Gasteiger partial charge in [-0.25, -0.2) is 15.0 Å². The third-order valence-corrected chi connectivity index (χ3v) is 11.3. The van der Waals surface area contributed by atoms with E-state index in [4.69, 9.17) is 23.8 Å². The summed E-state index contributed by atoms with van der Waals surface area (Å²) in [4.78, 5) is 15.5. The highest BCUT2D eigenvalue weighted by Crippen LogP contribution is 2.43. The molecule has 12 aromatic rings. The SMILES string of the molecule is c1ccc(-c2cc(-c3ccc(-c4cccc5c4oc4c5ccc5c(-c6ccccc6)nc6ccccc6c54)cc3)nc(-c3cccc4oc5ccccc5c34)n2)cc1. The highest BCUT2D eigenvalue weighted by atomic mass is 16.3. The fourth-order valence-corrected chi connectivity index (χ4v) is 8.59. The number of benzene rings is 8. The first-order valence-corrected chi connectivity index (χ1v) is 19.4. The summed E-state index contributed by atoms with van der Waals surface area (Å²) in [6.07, 6.45) is 0. The van der Waals surface area contributed by atoms with E-state index in [1.54, 1.807) is 0 Å². The van der Waals surface area contributed by atoms with Gasteiger partial charge in [0.2, 0.25) is 0 Å². The Labute approximate surface area is 332 Å². The number of hydrogen-bond acceptors (Lipinski definition) is 5. The van der Waals surface area contributed by atoms with Crippen LogP contribution in [0.25, 0.3) is 122 Å². The highest BCUT2D eigenvalue weighted by Gasteiger charge is 2.20. The predicted octanol–water partition coefficient (Wildman–Crippen LogP) is 14.3. The second-order valence-electron chi connectivity index (χ2n) is 14.7. The minimum absolute atomic E-state index is 0.648. The van der Waals surface area contributed by atoms with Crippen LogP contribution >= 0.6 is 0 Å². The van der Waals surface area contributed by atoms with Crippen LogP contribution in [0.4, 0.5) is 0 Å². The lowest BCUT2D eigenvalue weighted by Crippen LogP contribution is -1.96. The maximum absolute atomic E-state index is 7.00. The first kappa shape index (κ1) is 32.4. The summed E-state index contributed by atoms with van der Waals surface area (Å²) in [5.41, 5.74) is 13.1. The van der Waals surface area contributed by atoms with E-state index in [1.165, 1.54) is 0 Å². The summed E-state index contributed by atoms with van der Waals surface area (Å²) < 4.78 is 13.2. The fraction of sp³-hybridized carbons (Fsp3) is 0. The number of furan rings is 2. The smallest absolute Gasteiger partial charge is 0.161 e. The Morgan fingerprint density at radius 2 is 0.914 bits per heavy atom. The molecule has 0 aliphatic heterocycles. The van der Waals surface area contributed by atoms with Gasteiger partial charge in [-0.05, 0) is 35.9 Å². The average Bonchev–Trinajstić information content (AvgIpc) is 3.88. The van der Waals surface area contributed by atoms with Crippen molar-refractivity contribution in [1.82, 2.24) is 15.0 Å². The number of rotatable bonds is 5. The molecule has 0 atom stereocenters. The highest BCUT2D eigenvalue weighted by molar-refractivity contribution is 6.25. The first-order valence-electron chi connectivity index (χ1n) is 19.4. The summed E-state index contributed by atoms with van der Waals surface area (Å²) >= 11 is 0. The van der Waals surface area contributed by atoms with Crippen LogP contribution in [0.5, 0.6) is 0 Å². The molecule has 12 rings (SSSR count). The molecule has 0 bridgehead atoms. The molecule has 58 heavy (non-hydrogen) atoms. The molecule has 0 N–H and O–H groups in total. The van der Waals surface area contributed by atoms with Crippen molar-refractivity contribution >= 4 is 65.6 Å². The summed E-state index contributed by atoms with van der Waals surface area (Å²) in [6, 6.07) is 64.7. The number of fused-ring (bicyclic) bond motifs is 10. The normalized spacial score (nSPS) is 11.8. The second kappa shape index (κ2) is 12.8. The molecule has 0 aliphatic rings. The van der Waals surface area contributed by atoms with E-state index in [0.717, 1.165) is 116 Å². The maximum Gasteiger partial charge on any atom is 0.161 e. The topological polar surface area (TPSA) is 65.0 Å². The monoisotopic (exact) mass is 741 g/mol. The molecule has 5 nitrogen and oxygen atoms in total. The van der Waals surface area contributed by atoms with Gasteiger partial charge in [0.15, 0.2) is 5.82 Å². The molecule has 0 spiro atoms. The summed E-state index contributed by atoms with van der Waals surface area (Å²) in [5, 5.41) is 7.43. The molecule has 0 radical (unpaired) electrons. The summed E-state index contributed by atoms with van der Waals surface area (Å²) in [6.45, 7) is 0. The number of pyridine rings is 1. The van der Waals surface area contributed by atoms with Gasteiger partial charge >= 0.3 is 0 Å². The molecule has 0 unspecified atom stereocenters. The van der Waals surface area contributed by atoms with Crippen molar-refractivity contribution in [3.8, 4) is 56.3 Å². The van der Waals surface area contributed by atoms with Crippen molar-refractivity contribution < 1.29 is 8.83 Å². The lowest BCUT2D eigenvalue weighted by Gasteiger charge is -2.11. The summed E-state index contributed by atoms with van der Waals surface area (Å²) in [5.74, 6) is 0.648. The minimum Gasteiger partial charge on any atom is -0.456 e. The third kappa shape index (κ3) is 5.07. The van der Waals surface area contributed by atoms with E-state index in [-0.39, 0.29) is 0 Å². The van der Waals surface area contributed by atoms with Crippen LogP contribution in [0.2, 0.25) is 0 Å². The summed E-state index contributed by atoms with van der Waals surface area (Å²) in [7, 11) is 0. The van der Waals surface area contributed by atoms with Gasteiger partial charge in [-0.2, -0.15) is 0 Å². The van der Waals surface area contributed by atoms with E-state index >= 15 is 0 Å². The van der Waals surface area contributed by atoms with Crippen LogP contribution in [0.1, 0.15) is 0 Å². The zero-order chi connectivity index (χ0) is 38.2. The van der Waals surface area contributed by atoms with Crippen LogP contribution in [0, 0.1) is 0 Å². The van der Waals surface area contributed by atoms with Crippen LogP contribution in [-0.4, -0.2) is 15.0 Å². The standard InChI is InChI=1S/C53H31N3O2/c1-3-13-33(14-4-1)44-31-45(56-53(55-44)42-21-12-24-47-48(42)40-18-8-10-23-46(40)57-47)34-27-25-32(26-28-34)36-19-11-20-37-38-29-30-41-49(52(38)58-51(36)37)39-17-7-9-22-43(39)54-50(41)35-15-5-2-6-16-35/h1-31H.